The van der Waals surface area contributed by atoms with Gasteiger partial charge >= 0.3 is 275 Å². The molecule has 0 fully saturated rings. The van der Waals surface area contributed by atoms with Gasteiger partial charge in [0, 0.05) is 5.54 Å². The first kappa shape index (κ1) is 45.0. The van der Waals surface area contributed by atoms with Crippen LogP contribution in [0.15, 0.2) is 62.5 Å². The van der Waals surface area contributed by atoms with E-state index in [1.165, 1.54) is 64.3 Å². The topological polar surface area (TPSA) is 12.0 Å². The van der Waals surface area contributed by atoms with Gasteiger partial charge < -0.3 is 4.98 Å². The van der Waals surface area contributed by atoms with E-state index in [1.54, 1.807) is 18.2 Å². The van der Waals surface area contributed by atoms with Gasteiger partial charge in [-0.05, 0) is 20.8 Å². The molecule has 1 N–H and O–H groups in total. The smallest absolute Gasteiger partial charge is 0.103 e. The standard InChI is InChI=1S/C26H9BF10.C8H13.C6H17NSi.Zr/c1-8-12(14-17(28)21(32)25(36)22(33)18(14)29)11-7-6-9-4-2-3-5-10(9)13(11)15(8)27-16-19(30)23(34)26(37)24(35)20(16)31;1-5-7(3)8(4)6-2;1-6(2,3)7-8(4)5;/h2-7H,1H3;5H,1-4H3;7-8H,1-5H3;. The Hall–Kier alpha value is -3.35. The van der Waals surface area contributed by atoms with Crippen LogP contribution in [0.4, 0.5) is 43.9 Å². The number of hydrogen-bond donors (Lipinski definition) is 1. The van der Waals surface area contributed by atoms with E-state index < -0.39 is 83.7 Å². The summed E-state index contributed by atoms with van der Waals surface area (Å²) in [6.07, 6.45) is 2.16. The molecule has 285 valence electrons. The van der Waals surface area contributed by atoms with Crippen LogP contribution in [0.1, 0.15) is 72.1 Å². The van der Waals surface area contributed by atoms with E-state index in [4.69, 9.17) is 0 Å². The Labute approximate surface area is 326 Å². The number of allylic oxidation sites excluding steroid dienone is 5. The fraction of sp³-hybridized carbons (Fsp3) is 0.275. The largest absolute Gasteiger partial charge is 0.335 e. The monoisotopic (exact) mass is 852 g/mol. The van der Waals surface area contributed by atoms with Crippen molar-refractivity contribution in [3.05, 3.63) is 137 Å². The Kier molecular flexibility index (Phi) is 15.1. The van der Waals surface area contributed by atoms with E-state index in [0.717, 1.165) is 0 Å². The molecule has 0 heterocycles. The molecule has 4 aromatic carbocycles. The molecule has 0 saturated heterocycles. The third kappa shape index (κ3) is 9.53. The zero-order chi connectivity index (χ0) is 41.1. The number of rotatable bonds is 4. The molecule has 0 unspecified atom stereocenters. The third-order valence-electron chi connectivity index (χ3n) is 8.55. The second kappa shape index (κ2) is 18.1. The van der Waals surface area contributed by atoms with Crippen molar-refractivity contribution >= 4 is 43.2 Å². The van der Waals surface area contributed by atoms with Gasteiger partial charge in [0.15, 0.2) is 0 Å². The summed E-state index contributed by atoms with van der Waals surface area (Å²) >= 11 is 1.53. The van der Waals surface area contributed by atoms with Crippen molar-refractivity contribution in [1.82, 2.24) is 4.98 Å². The number of halogens is 10. The van der Waals surface area contributed by atoms with Crippen molar-refractivity contribution in [2.45, 2.75) is 74.0 Å². The molecule has 4 aromatic rings. The Morgan fingerprint density at radius 1 is 0.685 bits per heavy atom. The average Bonchev–Trinajstić information content (AvgIpc) is 3.39. The molecule has 0 spiro atoms. The normalized spacial score (nSPS) is 14.1. The molecule has 0 aliphatic heterocycles. The fourth-order valence-corrected chi connectivity index (χ4v) is 8.11. The molecule has 0 radical (unpaired) electrons. The Balaban J connectivity index is 0.000000384. The molecule has 1 nitrogen and oxygen atoms in total. The number of nitrogens with one attached hydrogen (secondary N) is 1. The first-order chi connectivity index (χ1) is 25.0. The molecular weight excluding hydrogens is 815 g/mol. The third-order valence-corrected chi connectivity index (χ3v) is 10.9. The molecule has 54 heavy (non-hydrogen) atoms. The summed E-state index contributed by atoms with van der Waals surface area (Å²) in [6, 6.07) is 9.07. The first-order valence-corrected chi connectivity index (χ1v) is 20.9. The molecular formula is C40H39BF10NSiZr. The second-order valence-electron chi connectivity index (χ2n) is 14.0. The SMILES string of the molecule is CC1=C(c2c(F)c(F)c(F)c(F)c2F)c2ccc3ccccc3c2C1=Bc1c(F)c(F)c(F)c(F)c1F.CC=C(C)C(C)=[C](C)[Zr].C[SiH](C)NC(C)(C)C. The van der Waals surface area contributed by atoms with Gasteiger partial charge in [-0.3, -0.25) is 0 Å². The number of benzene rings is 4. The van der Waals surface area contributed by atoms with Crippen molar-refractivity contribution in [3.63, 3.8) is 0 Å². The second-order valence-corrected chi connectivity index (χ2v) is 18.4. The van der Waals surface area contributed by atoms with E-state index in [1.807, 2.05) is 0 Å². The molecule has 0 amide bonds. The summed E-state index contributed by atoms with van der Waals surface area (Å²) in [6.45, 7) is 21.6. The average molecular weight is 854 g/mol. The summed E-state index contributed by atoms with van der Waals surface area (Å²) in [5, 5.41) is 0.837. The van der Waals surface area contributed by atoms with E-state index in [-0.39, 0.29) is 22.2 Å². The molecule has 0 atom stereocenters. The maximum atomic E-state index is 14.8. The summed E-state index contributed by atoms with van der Waals surface area (Å²) in [5.74, 6) is -22.3. The minimum absolute atomic E-state index is 0.0403. The summed E-state index contributed by atoms with van der Waals surface area (Å²) < 4.78 is 143. The van der Waals surface area contributed by atoms with Crippen LogP contribution >= 0.6 is 0 Å². The number of hydrogen-bond acceptors (Lipinski definition) is 1. The van der Waals surface area contributed by atoms with Crippen LogP contribution in [0, 0.1) is 58.2 Å². The quantitative estimate of drug-likeness (QED) is 0.0709. The minimum atomic E-state index is -2.39. The van der Waals surface area contributed by atoms with Gasteiger partial charge in [0.1, 0.15) is 8.96 Å². The summed E-state index contributed by atoms with van der Waals surface area (Å²) in [7, 11) is -0.546. The molecule has 1 aliphatic carbocycles. The van der Waals surface area contributed by atoms with Gasteiger partial charge in [0.25, 0.3) is 0 Å². The van der Waals surface area contributed by atoms with Crippen LogP contribution in [0.5, 0.6) is 0 Å². The molecule has 0 aromatic heterocycles. The van der Waals surface area contributed by atoms with Crippen molar-refractivity contribution in [2.75, 3.05) is 0 Å². The van der Waals surface area contributed by atoms with Gasteiger partial charge in [-0.15, -0.1) is 0 Å². The zero-order valence-electron chi connectivity index (χ0n) is 31.5. The van der Waals surface area contributed by atoms with Crippen molar-refractivity contribution in [2.24, 2.45) is 0 Å². The summed E-state index contributed by atoms with van der Waals surface area (Å²) in [4.78, 5) is 3.52. The Bertz CT molecular complexity index is 2170. The predicted octanol–water partition coefficient (Wildman–Crippen LogP) is 10.8. The molecule has 5 rings (SSSR count). The van der Waals surface area contributed by atoms with Crippen LogP contribution in [0.2, 0.25) is 13.1 Å². The van der Waals surface area contributed by atoms with Crippen LogP contribution < -0.4 is 10.4 Å². The zero-order valence-corrected chi connectivity index (χ0v) is 35.1. The van der Waals surface area contributed by atoms with Crippen LogP contribution in [-0.4, -0.2) is 26.9 Å². The minimum Gasteiger partial charge on any atom is -0.335 e. The van der Waals surface area contributed by atoms with Crippen LogP contribution in [0.3, 0.4) is 0 Å². The van der Waals surface area contributed by atoms with E-state index in [0.29, 0.717) is 23.2 Å². The van der Waals surface area contributed by atoms with Crippen LogP contribution in [0.25, 0.3) is 16.3 Å². The predicted molar refractivity (Wildman–Crippen MR) is 197 cm³/mol. The van der Waals surface area contributed by atoms with Gasteiger partial charge in [-0.2, -0.15) is 0 Å². The molecule has 0 bridgehead atoms. The Morgan fingerprint density at radius 2 is 1.15 bits per heavy atom. The van der Waals surface area contributed by atoms with E-state index >= 15 is 0 Å². The Morgan fingerprint density at radius 3 is 1.56 bits per heavy atom. The van der Waals surface area contributed by atoms with Gasteiger partial charge in [-0.1, -0.05) is 13.1 Å². The molecule has 1 aliphatic rings. The van der Waals surface area contributed by atoms with Gasteiger partial charge in [-0.25, -0.2) is 0 Å². The molecule has 14 heteroatoms. The van der Waals surface area contributed by atoms with E-state index in [2.05, 4.69) is 72.6 Å². The van der Waals surface area contributed by atoms with Crippen molar-refractivity contribution < 1.29 is 68.6 Å². The first-order valence-electron chi connectivity index (χ1n) is 16.8. The fourth-order valence-electron chi connectivity index (χ4n) is 5.89. The van der Waals surface area contributed by atoms with Gasteiger partial charge in [0.2, 0.25) is 0 Å². The number of fused-ring (bicyclic) bond motifs is 3. The van der Waals surface area contributed by atoms with Gasteiger partial charge in [0.05, 0.1) is 0 Å². The maximum Gasteiger partial charge on any atom is 0.103 e. The van der Waals surface area contributed by atoms with Crippen molar-refractivity contribution in [3.8, 4) is 0 Å². The van der Waals surface area contributed by atoms with Crippen molar-refractivity contribution in [1.29, 1.82) is 0 Å². The van der Waals surface area contributed by atoms with E-state index in [9.17, 15) is 43.9 Å². The maximum absolute atomic E-state index is 14.8. The van der Waals surface area contributed by atoms with Crippen LogP contribution in [-0.2, 0) is 24.7 Å². The molecule has 0 saturated carbocycles. The summed E-state index contributed by atoms with van der Waals surface area (Å²) in [5.41, 5.74) is -0.445.